The molecule has 0 saturated heterocycles. The molecule has 0 bridgehead atoms. The Morgan fingerprint density at radius 1 is 0.673 bits per heavy atom. The van der Waals surface area contributed by atoms with Gasteiger partial charge in [-0.3, -0.25) is 0 Å². The van der Waals surface area contributed by atoms with E-state index in [0.29, 0.717) is 0 Å². The van der Waals surface area contributed by atoms with Crippen molar-refractivity contribution in [1.82, 2.24) is 9.97 Å². The number of pyridine rings is 2. The number of rotatable bonds is 7. The molecule has 2 nitrogen and oxygen atoms in total. The van der Waals surface area contributed by atoms with Gasteiger partial charge in [-0.25, -0.2) is 0 Å². The van der Waals surface area contributed by atoms with E-state index in [4.69, 9.17) is 6.35 Å². The Labute approximate surface area is 345 Å². The maximum absolute atomic E-state index is 8.84. The van der Waals surface area contributed by atoms with E-state index >= 15 is 0 Å². The number of benzene rings is 6. The summed E-state index contributed by atoms with van der Waals surface area (Å²) in [5, 5.41) is 8.92. The third-order valence-electron chi connectivity index (χ3n) is 10.4. The minimum atomic E-state index is -1.31. The maximum atomic E-state index is 8.84. The van der Waals surface area contributed by atoms with Crippen LogP contribution in [0.4, 0.5) is 0 Å². The fourth-order valence-electron chi connectivity index (χ4n) is 7.27. The van der Waals surface area contributed by atoms with Crippen LogP contribution < -0.4 is 5.19 Å². The first-order valence-corrected chi connectivity index (χ1v) is 23.2. The van der Waals surface area contributed by atoms with E-state index in [1.807, 2.05) is 30.6 Å². The summed E-state index contributed by atoms with van der Waals surface area (Å²) in [6.07, 6.45) is 5.45. The molecule has 0 saturated carbocycles. The van der Waals surface area contributed by atoms with Gasteiger partial charge in [-0.05, 0) is 79.4 Å². The Morgan fingerprint density at radius 2 is 1.45 bits per heavy atom. The first kappa shape index (κ1) is 37.2. The number of hydrogen-bond donors (Lipinski definition) is 0. The van der Waals surface area contributed by atoms with E-state index in [0.717, 1.165) is 40.9 Å². The largest absolute Gasteiger partial charge is 0.305 e. The normalized spacial score (nSPS) is 12.0. The third kappa shape index (κ3) is 7.99. The molecule has 0 aliphatic heterocycles. The van der Waals surface area contributed by atoms with Crippen LogP contribution in [0.3, 0.4) is 0 Å². The quantitative estimate of drug-likeness (QED) is 0.0904. The smallest absolute Gasteiger partial charge is 0.0795 e. The van der Waals surface area contributed by atoms with Crippen molar-refractivity contribution in [1.29, 1.82) is 0 Å². The Hall–Kier alpha value is -4.77. The van der Waals surface area contributed by atoms with Gasteiger partial charge < -0.3 is 9.97 Å². The first-order chi connectivity index (χ1) is 26.6. The molecule has 0 N–H and O–H groups in total. The summed E-state index contributed by atoms with van der Waals surface area (Å²) in [6.45, 7) is 11.2. The second kappa shape index (κ2) is 16.5. The van der Waals surface area contributed by atoms with Crippen molar-refractivity contribution in [2.24, 2.45) is 0 Å². The Kier molecular flexibility index (Phi) is 11.2. The van der Waals surface area contributed by atoms with Crippen LogP contribution in [0.5, 0.6) is 0 Å². The molecule has 9 rings (SSSR count). The predicted octanol–water partition coefficient (Wildman–Crippen LogP) is 13.9. The molecule has 1 radical (unpaired) electrons. The van der Waals surface area contributed by atoms with Gasteiger partial charge in [0.1, 0.15) is 0 Å². The minimum absolute atomic E-state index is 0. The Balaban J connectivity index is 0.000000174. The average Bonchev–Trinajstić information content (AvgIpc) is 3.62. The van der Waals surface area contributed by atoms with Gasteiger partial charge >= 0.3 is 0 Å². The third-order valence-corrected chi connectivity index (χ3v) is 13.6. The molecule has 9 aromatic rings. The molecule has 3 heterocycles. The maximum Gasteiger partial charge on any atom is 0.0795 e. The van der Waals surface area contributed by atoms with E-state index in [1.54, 1.807) is 11.3 Å². The van der Waals surface area contributed by atoms with Gasteiger partial charge in [-0.1, -0.05) is 152 Å². The van der Waals surface area contributed by atoms with Gasteiger partial charge in [0.25, 0.3) is 0 Å². The van der Waals surface area contributed by atoms with E-state index in [9.17, 15) is 0 Å². The molecule has 3 aromatic heterocycles. The Bertz CT molecular complexity index is 2790. The van der Waals surface area contributed by atoms with E-state index < -0.39 is 14.0 Å². The molecule has 0 unspecified atom stereocenters. The van der Waals surface area contributed by atoms with Crippen LogP contribution in [-0.2, 0) is 20.1 Å². The van der Waals surface area contributed by atoms with Crippen molar-refractivity contribution in [3.8, 4) is 33.6 Å². The van der Waals surface area contributed by atoms with Crippen LogP contribution in [-0.4, -0.2) is 18.0 Å². The molecule has 5 heteroatoms. The van der Waals surface area contributed by atoms with Crippen molar-refractivity contribution >= 4 is 66.3 Å². The molecule has 55 heavy (non-hydrogen) atoms. The summed E-state index contributed by atoms with van der Waals surface area (Å²) < 4.78 is 11.3. The second-order valence-electron chi connectivity index (χ2n) is 14.8. The summed E-state index contributed by atoms with van der Waals surface area (Å²) >= 11 is 1.80. The summed E-state index contributed by atoms with van der Waals surface area (Å²) in [7, 11) is -1.31. The zero-order chi connectivity index (χ0) is 38.2. The summed E-state index contributed by atoms with van der Waals surface area (Å²) in [4.78, 5) is 9.38. The fourth-order valence-corrected chi connectivity index (χ4v) is 9.56. The summed E-state index contributed by atoms with van der Waals surface area (Å²) in [6, 6.07) is 53.8. The number of fused-ring (bicyclic) bond motifs is 6. The number of nitrogens with zero attached hydrogens (tertiary/aromatic N) is 2. The van der Waals surface area contributed by atoms with Crippen LogP contribution in [0, 0.1) is 12.1 Å². The molecule has 0 spiro atoms. The topological polar surface area (TPSA) is 25.8 Å². The fraction of sp³-hybridized carbons (Fsp3) is 0.160. The number of aromatic nitrogens is 2. The van der Waals surface area contributed by atoms with Crippen molar-refractivity contribution in [2.45, 2.75) is 52.2 Å². The van der Waals surface area contributed by atoms with Crippen LogP contribution in [0.25, 0.3) is 75.4 Å². The molecule has 0 fully saturated rings. The van der Waals surface area contributed by atoms with Crippen LogP contribution in [0.15, 0.2) is 146 Å². The Morgan fingerprint density at radius 3 is 2.22 bits per heavy atom. The summed E-state index contributed by atoms with van der Waals surface area (Å²) in [5.74, 6) is -0.573. The molecule has 0 aliphatic rings. The van der Waals surface area contributed by atoms with Gasteiger partial charge in [0, 0.05) is 38.6 Å². The van der Waals surface area contributed by atoms with Gasteiger partial charge in [0.15, 0.2) is 0 Å². The summed E-state index contributed by atoms with van der Waals surface area (Å²) in [5.41, 5.74) is 7.46. The molecule has 0 atom stereocenters. The van der Waals surface area contributed by atoms with Crippen LogP contribution in [0.1, 0.15) is 39.5 Å². The molecular formula is C50H44IrN2SSi-2. The standard InChI is InChI=1S/C28H24NS.C22H20NSi.Ir/c1-3-19(4-2)22-15-16-29-26(17-22)25-12-8-11-24-23-14-13-21(18-27(23)30-28(24)25)20-9-6-5-7-10-20;1-24(2,3)19-12-13-22(23-15-19)18-11-10-17-9-8-16-6-4-5-7-20(16)21(17)14-18;/h5-11,13-19H,3-4H2,1-2H3;4-10,12-15H,1-3H3;/q2*-1;/i19D;;. The molecule has 275 valence electrons. The van der Waals surface area contributed by atoms with Crippen molar-refractivity contribution in [2.75, 3.05) is 0 Å². The molecule has 0 amide bonds. The van der Waals surface area contributed by atoms with Gasteiger partial charge in [0.2, 0.25) is 0 Å². The average molecular weight is 926 g/mol. The number of thiophene rings is 1. The molecule has 0 aliphatic carbocycles. The van der Waals surface area contributed by atoms with Crippen molar-refractivity contribution < 1.29 is 21.5 Å². The van der Waals surface area contributed by atoms with Gasteiger partial charge in [-0.15, -0.1) is 47.5 Å². The predicted molar refractivity (Wildman–Crippen MR) is 237 cm³/mol. The SMILES string of the molecule is C[Si](C)(C)c1ccc(-c2[c-]cc3ccc4ccccc4c3c2)nc1.[2H]C(CC)(CC)c1ccnc(-c2[c-]ccc3c2sc2cc(-c4ccccc4)ccc23)c1.[Ir]. The minimum Gasteiger partial charge on any atom is -0.305 e. The van der Waals surface area contributed by atoms with Gasteiger partial charge in [0.05, 0.1) is 8.07 Å². The zero-order valence-electron chi connectivity index (χ0n) is 32.9. The van der Waals surface area contributed by atoms with Gasteiger partial charge in [-0.2, -0.15) is 11.3 Å². The van der Waals surface area contributed by atoms with E-state index in [-0.39, 0.29) is 20.1 Å². The van der Waals surface area contributed by atoms with Crippen molar-refractivity contribution in [3.63, 3.8) is 0 Å². The molecule has 6 aromatic carbocycles. The first-order valence-electron chi connectivity index (χ1n) is 19.3. The monoisotopic (exact) mass is 926 g/mol. The van der Waals surface area contributed by atoms with Crippen LogP contribution >= 0.6 is 11.3 Å². The zero-order valence-corrected chi connectivity index (χ0v) is 36.1. The van der Waals surface area contributed by atoms with Crippen LogP contribution in [0.2, 0.25) is 19.6 Å². The van der Waals surface area contributed by atoms with E-state index in [1.165, 1.54) is 58.0 Å². The van der Waals surface area contributed by atoms with E-state index in [2.05, 4.69) is 166 Å². The second-order valence-corrected chi connectivity index (χ2v) is 21.0. The number of hydrogen-bond acceptors (Lipinski definition) is 3. The van der Waals surface area contributed by atoms with Crippen molar-refractivity contribution in [3.05, 3.63) is 164 Å². The molecular weight excluding hydrogens is 881 g/mol.